The molecule has 2 aromatic rings. The monoisotopic (exact) mass is 487 g/mol. The number of amides is 1. The van der Waals surface area contributed by atoms with Crippen LogP contribution in [0.5, 0.6) is 5.75 Å². The van der Waals surface area contributed by atoms with Crippen molar-refractivity contribution in [3.05, 3.63) is 52.0 Å². The molecule has 31 heavy (non-hydrogen) atoms. The molecule has 1 saturated heterocycles. The summed E-state index contributed by atoms with van der Waals surface area (Å²) < 4.78 is 38.6. The van der Waals surface area contributed by atoms with Crippen LogP contribution in [-0.2, 0) is 14.8 Å². The minimum Gasteiger partial charge on any atom is -0.495 e. The number of halogens is 2. The SMILES string of the molecule is COc1ccc(S(=O)(=O)NCCN2CCOCC2)cc1NC(=O)c1ccc(Cl)cc1Cl. The lowest BCUT2D eigenvalue weighted by atomic mass is 10.2. The van der Waals surface area contributed by atoms with Gasteiger partial charge >= 0.3 is 0 Å². The number of ether oxygens (including phenoxy) is 2. The molecule has 2 N–H and O–H groups in total. The standard InChI is InChI=1S/C20H23Cl2N3O5S/c1-29-19-5-3-15(31(27,28)23-6-7-25-8-10-30-11-9-25)13-18(19)24-20(26)16-4-2-14(21)12-17(16)22/h2-5,12-13,23H,6-11H2,1H3,(H,24,26). The summed E-state index contributed by atoms with van der Waals surface area (Å²) in [5.74, 6) is -0.208. The molecule has 3 rings (SSSR count). The van der Waals surface area contributed by atoms with Crippen molar-refractivity contribution < 1.29 is 22.7 Å². The van der Waals surface area contributed by atoms with E-state index in [4.69, 9.17) is 32.7 Å². The fraction of sp³-hybridized carbons (Fsp3) is 0.350. The van der Waals surface area contributed by atoms with Crippen LogP contribution in [0.15, 0.2) is 41.3 Å². The molecular weight excluding hydrogens is 465 g/mol. The van der Waals surface area contributed by atoms with E-state index in [0.29, 0.717) is 30.5 Å². The Hall–Kier alpha value is -1.88. The minimum atomic E-state index is -3.78. The molecule has 0 unspecified atom stereocenters. The van der Waals surface area contributed by atoms with Gasteiger partial charge in [0, 0.05) is 31.2 Å². The largest absolute Gasteiger partial charge is 0.495 e. The Bertz CT molecular complexity index is 1040. The van der Waals surface area contributed by atoms with E-state index in [1.54, 1.807) is 6.07 Å². The lowest BCUT2D eigenvalue weighted by molar-refractivity contribution is 0.0390. The number of nitrogens with one attached hydrogen (secondary N) is 2. The average Bonchev–Trinajstić information content (AvgIpc) is 2.74. The van der Waals surface area contributed by atoms with Crippen LogP contribution < -0.4 is 14.8 Å². The van der Waals surface area contributed by atoms with Crippen molar-refractivity contribution in [3.8, 4) is 5.75 Å². The quantitative estimate of drug-likeness (QED) is 0.594. The Kier molecular flexibility index (Phi) is 8.15. The molecule has 8 nitrogen and oxygen atoms in total. The van der Waals surface area contributed by atoms with Gasteiger partial charge < -0.3 is 14.8 Å². The first-order valence-electron chi connectivity index (χ1n) is 9.54. The fourth-order valence-corrected chi connectivity index (χ4v) is 4.60. The van der Waals surface area contributed by atoms with E-state index < -0.39 is 15.9 Å². The summed E-state index contributed by atoms with van der Waals surface area (Å²) in [6.07, 6.45) is 0. The van der Waals surface area contributed by atoms with E-state index in [1.165, 1.54) is 37.4 Å². The fourth-order valence-electron chi connectivity index (χ4n) is 3.06. The van der Waals surface area contributed by atoms with E-state index in [0.717, 1.165) is 13.1 Å². The van der Waals surface area contributed by atoms with Crippen molar-refractivity contribution in [3.63, 3.8) is 0 Å². The van der Waals surface area contributed by atoms with Gasteiger partial charge in [-0.2, -0.15) is 0 Å². The lowest BCUT2D eigenvalue weighted by Crippen LogP contribution is -2.41. The maximum Gasteiger partial charge on any atom is 0.257 e. The molecule has 0 bridgehead atoms. The van der Waals surface area contributed by atoms with Crippen LogP contribution in [-0.4, -0.2) is 65.7 Å². The molecule has 1 heterocycles. The van der Waals surface area contributed by atoms with Gasteiger partial charge in [-0.3, -0.25) is 9.69 Å². The second kappa shape index (κ2) is 10.6. The second-order valence-corrected chi connectivity index (χ2v) is 9.40. The van der Waals surface area contributed by atoms with Gasteiger partial charge in [-0.25, -0.2) is 13.1 Å². The number of benzene rings is 2. The summed E-state index contributed by atoms with van der Waals surface area (Å²) in [5, 5.41) is 3.23. The first-order chi connectivity index (χ1) is 14.8. The van der Waals surface area contributed by atoms with Crippen LogP contribution in [0.2, 0.25) is 10.0 Å². The number of rotatable bonds is 8. The first-order valence-corrected chi connectivity index (χ1v) is 11.8. The molecule has 1 fully saturated rings. The number of anilines is 1. The summed E-state index contributed by atoms with van der Waals surface area (Å²) in [6.45, 7) is 3.67. The topological polar surface area (TPSA) is 97.0 Å². The molecule has 1 aliphatic rings. The Balaban J connectivity index is 1.73. The Morgan fingerprint density at radius 3 is 2.58 bits per heavy atom. The molecule has 0 aromatic heterocycles. The zero-order chi connectivity index (χ0) is 22.4. The van der Waals surface area contributed by atoms with Gasteiger partial charge in [0.15, 0.2) is 0 Å². The van der Waals surface area contributed by atoms with Crippen LogP contribution in [0, 0.1) is 0 Å². The molecule has 0 saturated carbocycles. The lowest BCUT2D eigenvalue weighted by Gasteiger charge is -2.26. The van der Waals surface area contributed by atoms with Gasteiger partial charge in [0.2, 0.25) is 10.0 Å². The third-order valence-electron chi connectivity index (χ3n) is 4.73. The molecule has 0 spiro atoms. The number of hydrogen-bond donors (Lipinski definition) is 2. The van der Waals surface area contributed by atoms with Crippen molar-refractivity contribution in [1.82, 2.24) is 9.62 Å². The Morgan fingerprint density at radius 2 is 1.90 bits per heavy atom. The van der Waals surface area contributed by atoms with Gasteiger partial charge in [0.05, 0.1) is 41.5 Å². The summed E-state index contributed by atoms with van der Waals surface area (Å²) in [7, 11) is -2.36. The third-order valence-corrected chi connectivity index (χ3v) is 6.74. The zero-order valence-electron chi connectivity index (χ0n) is 16.9. The van der Waals surface area contributed by atoms with Crippen LogP contribution in [0.4, 0.5) is 5.69 Å². The highest BCUT2D eigenvalue weighted by Crippen LogP contribution is 2.29. The number of nitrogens with zero attached hydrogens (tertiary/aromatic N) is 1. The maximum absolute atomic E-state index is 12.7. The van der Waals surface area contributed by atoms with Crippen molar-refractivity contribution in [2.45, 2.75) is 4.90 Å². The average molecular weight is 488 g/mol. The van der Waals surface area contributed by atoms with E-state index in [1.807, 2.05) is 0 Å². The number of sulfonamides is 1. The highest BCUT2D eigenvalue weighted by molar-refractivity contribution is 7.89. The second-order valence-electron chi connectivity index (χ2n) is 6.79. The number of methoxy groups -OCH3 is 1. The highest BCUT2D eigenvalue weighted by atomic mass is 35.5. The number of morpholine rings is 1. The van der Waals surface area contributed by atoms with Crippen molar-refractivity contribution >= 4 is 44.8 Å². The molecule has 2 aromatic carbocycles. The third kappa shape index (κ3) is 6.31. The molecule has 1 aliphatic heterocycles. The first kappa shape index (κ1) is 23.8. The summed E-state index contributed by atoms with van der Waals surface area (Å²) >= 11 is 12.0. The highest BCUT2D eigenvalue weighted by Gasteiger charge is 2.19. The molecule has 1 amide bonds. The van der Waals surface area contributed by atoms with Crippen molar-refractivity contribution in [2.24, 2.45) is 0 Å². The predicted molar refractivity (Wildman–Crippen MR) is 120 cm³/mol. The van der Waals surface area contributed by atoms with Gasteiger partial charge in [0.25, 0.3) is 5.91 Å². The van der Waals surface area contributed by atoms with Crippen molar-refractivity contribution in [1.29, 1.82) is 0 Å². The van der Waals surface area contributed by atoms with Gasteiger partial charge in [-0.05, 0) is 36.4 Å². The van der Waals surface area contributed by atoms with Crippen LogP contribution >= 0.6 is 23.2 Å². The van der Waals surface area contributed by atoms with Crippen LogP contribution in [0.3, 0.4) is 0 Å². The molecule has 0 aliphatic carbocycles. The van der Waals surface area contributed by atoms with E-state index in [2.05, 4.69) is 14.9 Å². The Labute approximate surface area is 191 Å². The van der Waals surface area contributed by atoms with E-state index >= 15 is 0 Å². The van der Waals surface area contributed by atoms with Crippen LogP contribution in [0.1, 0.15) is 10.4 Å². The predicted octanol–water partition coefficient (Wildman–Crippen LogP) is 2.86. The molecule has 11 heteroatoms. The van der Waals surface area contributed by atoms with Gasteiger partial charge in [-0.15, -0.1) is 0 Å². The Morgan fingerprint density at radius 1 is 1.16 bits per heavy atom. The minimum absolute atomic E-state index is 0.00720. The van der Waals surface area contributed by atoms with Crippen molar-refractivity contribution in [2.75, 3.05) is 51.8 Å². The number of carbonyl (C=O) groups excluding carboxylic acids is 1. The van der Waals surface area contributed by atoms with Crippen LogP contribution in [0.25, 0.3) is 0 Å². The molecular formula is C20H23Cl2N3O5S. The number of carbonyl (C=O) groups is 1. The molecule has 0 atom stereocenters. The zero-order valence-corrected chi connectivity index (χ0v) is 19.2. The molecule has 168 valence electrons. The summed E-state index contributed by atoms with van der Waals surface area (Å²) in [4.78, 5) is 14.8. The van der Waals surface area contributed by atoms with Gasteiger partial charge in [-0.1, -0.05) is 23.2 Å². The smallest absolute Gasteiger partial charge is 0.257 e. The summed E-state index contributed by atoms with van der Waals surface area (Å²) in [5.41, 5.74) is 0.402. The molecule has 0 radical (unpaired) electrons. The number of hydrogen-bond acceptors (Lipinski definition) is 6. The van der Waals surface area contributed by atoms with Gasteiger partial charge in [0.1, 0.15) is 5.75 Å². The van der Waals surface area contributed by atoms with E-state index in [9.17, 15) is 13.2 Å². The van der Waals surface area contributed by atoms with E-state index in [-0.39, 0.29) is 27.7 Å². The normalized spacial score (nSPS) is 14.9. The summed E-state index contributed by atoms with van der Waals surface area (Å²) in [6, 6.07) is 8.72. The maximum atomic E-state index is 12.7.